The van der Waals surface area contributed by atoms with E-state index in [-0.39, 0.29) is 36.8 Å². The van der Waals surface area contributed by atoms with Crippen molar-refractivity contribution in [3.8, 4) is 5.75 Å². The number of ether oxygens (including phenoxy) is 1. The van der Waals surface area contributed by atoms with Crippen LogP contribution >= 0.6 is 24.8 Å². The molecule has 5 nitrogen and oxygen atoms in total. The van der Waals surface area contributed by atoms with Crippen LogP contribution in [0.3, 0.4) is 0 Å². The summed E-state index contributed by atoms with van der Waals surface area (Å²) in [7, 11) is 3.66. The zero-order chi connectivity index (χ0) is 16.1. The van der Waals surface area contributed by atoms with Gasteiger partial charge in [-0.2, -0.15) is 0 Å². The standard InChI is InChI=1S/C17H27N3O2.2ClH/c1-13(2)19(3)12-17(21)20-10-9-18-11-15(20)14-7-5-6-8-16(14)22-4;;/h5-8,13,15,18H,9-12H2,1-4H3;2*1H. The summed E-state index contributed by atoms with van der Waals surface area (Å²) in [6.07, 6.45) is 0. The molecule has 0 radical (unpaired) electrons. The predicted molar refractivity (Wildman–Crippen MR) is 103 cm³/mol. The van der Waals surface area contributed by atoms with Gasteiger partial charge in [0.2, 0.25) is 5.91 Å². The van der Waals surface area contributed by atoms with E-state index in [1.54, 1.807) is 7.11 Å². The van der Waals surface area contributed by atoms with Crippen molar-refractivity contribution >= 4 is 30.7 Å². The van der Waals surface area contributed by atoms with Gasteiger partial charge >= 0.3 is 0 Å². The molecule has 0 bridgehead atoms. The minimum atomic E-state index is 0. The van der Waals surface area contributed by atoms with Crippen molar-refractivity contribution in [2.45, 2.75) is 25.9 Å². The van der Waals surface area contributed by atoms with E-state index < -0.39 is 0 Å². The van der Waals surface area contributed by atoms with Crippen molar-refractivity contribution in [3.05, 3.63) is 29.8 Å². The Morgan fingerprint density at radius 3 is 2.67 bits per heavy atom. The maximum Gasteiger partial charge on any atom is 0.237 e. The molecular formula is C17H29Cl2N3O2. The van der Waals surface area contributed by atoms with Crippen LogP contribution in [0.2, 0.25) is 0 Å². The molecule has 1 aromatic rings. The highest BCUT2D eigenvalue weighted by Gasteiger charge is 2.30. The van der Waals surface area contributed by atoms with Crippen LogP contribution in [0.4, 0.5) is 0 Å². The van der Waals surface area contributed by atoms with Crippen LogP contribution in [-0.2, 0) is 4.79 Å². The minimum absolute atomic E-state index is 0. The molecule has 0 aliphatic carbocycles. The maximum atomic E-state index is 12.7. The number of likely N-dealkylation sites (N-methyl/N-ethyl adjacent to an activating group) is 1. The number of nitrogens with zero attached hydrogens (tertiary/aromatic N) is 2. The van der Waals surface area contributed by atoms with Crippen LogP contribution in [0, 0.1) is 0 Å². The summed E-state index contributed by atoms with van der Waals surface area (Å²) < 4.78 is 5.47. The second-order valence-corrected chi connectivity index (χ2v) is 6.06. The lowest BCUT2D eigenvalue weighted by Crippen LogP contribution is -2.51. The summed E-state index contributed by atoms with van der Waals surface area (Å²) in [5, 5.41) is 3.38. The van der Waals surface area contributed by atoms with Crippen molar-refractivity contribution in [1.82, 2.24) is 15.1 Å². The number of para-hydroxylation sites is 1. The highest BCUT2D eigenvalue weighted by molar-refractivity contribution is 5.85. The Hall–Kier alpha value is -1.01. The van der Waals surface area contributed by atoms with Crippen molar-refractivity contribution in [2.24, 2.45) is 0 Å². The van der Waals surface area contributed by atoms with Crippen LogP contribution in [0.5, 0.6) is 5.75 Å². The van der Waals surface area contributed by atoms with Crippen LogP contribution in [-0.4, -0.2) is 62.1 Å². The first kappa shape index (κ1) is 23.0. The summed E-state index contributed by atoms with van der Waals surface area (Å²) in [6.45, 7) is 6.97. The average molecular weight is 378 g/mol. The SMILES string of the molecule is COc1ccccc1C1CNCCN1C(=O)CN(C)C(C)C.Cl.Cl. The molecule has 0 spiro atoms. The molecule has 7 heteroatoms. The number of hydrogen-bond donors (Lipinski definition) is 1. The van der Waals surface area contributed by atoms with Gasteiger partial charge in [-0.1, -0.05) is 18.2 Å². The number of halogens is 2. The molecule has 138 valence electrons. The van der Waals surface area contributed by atoms with Crippen molar-refractivity contribution in [1.29, 1.82) is 0 Å². The highest BCUT2D eigenvalue weighted by atomic mass is 35.5. The molecule has 1 aliphatic heterocycles. The monoisotopic (exact) mass is 377 g/mol. The number of carbonyl (C=O) groups is 1. The molecule has 2 rings (SSSR count). The van der Waals surface area contributed by atoms with Gasteiger partial charge in [-0.25, -0.2) is 0 Å². The number of piperazine rings is 1. The first-order valence-electron chi connectivity index (χ1n) is 7.88. The average Bonchev–Trinajstić information content (AvgIpc) is 2.54. The van der Waals surface area contributed by atoms with E-state index in [0.29, 0.717) is 12.6 Å². The van der Waals surface area contributed by atoms with Crippen molar-refractivity contribution in [3.63, 3.8) is 0 Å². The fourth-order valence-electron chi connectivity index (χ4n) is 2.71. The van der Waals surface area contributed by atoms with E-state index in [9.17, 15) is 4.79 Å². The van der Waals surface area contributed by atoms with E-state index in [0.717, 1.165) is 30.9 Å². The van der Waals surface area contributed by atoms with Gasteiger partial charge in [0, 0.05) is 31.2 Å². The predicted octanol–water partition coefficient (Wildman–Crippen LogP) is 2.35. The molecular weight excluding hydrogens is 349 g/mol. The van der Waals surface area contributed by atoms with Gasteiger partial charge in [0.25, 0.3) is 0 Å². The minimum Gasteiger partial charge on any atom is -0.496 e. The van der Waals surface area contributed by atoms with Gasteiger partial charge in [-0.3, -0.25) is 9.69 Å². The van der Waals surface area contributed by atoms with Crippen LogP contribution in [0.1, 0.15) is 25.5 Å². The number of nitrogens with one attached hydrogen (secondary N) is 1. The van der Waals surface area contributed by atoms with Crippen molar-refractivity contribution in [2.75, 3.05) is 40.3 Å². The van der Waals surface area contributed by atoms with Crippen LogP contribution in [0.25, 0.3) is 0 Å². The van der Waals surface area contributed by atoms with Gasteiger partial charge in [0.1, 0.15) is 5.75 Å². The number of methoxy groups -OCH3 is 1. The zero-order valence-electron chi connectivity index (χ0n) is 14.8. The molecule has 1 saturated heterocycles. The Morgan fingerprint density at radius 2 is 2.04 bits per heavy atom. The number of amides is 1. The smallest absolute Gasteiger partial charge is 0.237 e. The third-order valence-electron chi connectivity index (χ3n) is 4.33. The molecule has 24 heavy (non-hydrogen) atoms. The third kappa shape index (κ3) is 5.52. The summed E-state index contributed by atoms with van der Waals surface area (Å²) >= 11 is 0. The van der Waals surface area contributed by atoms with Crippen molar-refractivity contribution < 1.29 is 9.53 Å². The molecule has 0 saturated carbocycles. The number of carbonyl (C=O) groups excluding carboxylic acids is 1. The quantitative estimate of drug-likeness (QED) is 0.855. The maximum absolute atomic E-state index is 12.7. The lowest BCUT2D eigenvalue weighted by atomic mass is 10.0. The summed E-state index contributed by atoms with van der Waals surface area (Å²) in [5.41, 5.74) is 1.07. The van der Waals surface area contributed by atoms with Gasteiger partial charge in [-0.05, 0) is 27.0 Å². The Balaban J connectivity index is 0.00000264. The van der Waals surface area contributed by atoms with Crippen LogP contribution in [0.15, 0.2) is 24.3 Å². The molecule has 1 atom stereocenters. The van der Waals surface area contributed by atoms with Gasteiger partial charge in [0.05, 0.1) is 19.7 Å². The normalized spacial score (nSPS) is 17.2. The molecule has 1 fully saturated rings. The molecule has 0 aromatic heterocycles. The Labute approximate surface area is 157 Å². The summed E-state index contributed by atoms with van der Waals surface area (Å²) in [5.74, 6) is 1.01. The molecule has 1 aliphatic rings. The summed E-state index contributed by atoms with van der Waals surface area (Å²) in [4.78, 5) is 16.8. The Bertz CT molecular complexity index is 514. The van der Waals surface area contributed by atoms with Crippen LogP contribution < -0.4 is 10.1 Å². The molecule has 1 aromatic carbocycles. The summed E-state index contributed by atoms with van der Waals surface area (Å²) in [6, 6.07) is 8.33. The topological polar surface area (TPSA) is 44.8 Å². The molecule has 1 amide bonds. The second-order valence-electron chi connectivity index (χ2n) is 6.06. The van der Waals surface area contributed by atoms with E-state index in [4.69, 9.17) is 4.74 Å². The van der Waals surface area contributed by atoms with E-state index in [2.05, 4.69) is 24.1 Å². The number of benzene rings is 1. The first-order chi connectivity index (χ1) is 10.5. The van der Waals surface area contributed by atoms with E-state index in [1.165, 1.54) is 0 Å². The Kier molecular flexibility index (Phi) is 10.3. The largest absolute Gasteiger partial charge is 0.496 e. The number of rotatable bonds is 5. The fourth-order valence-corrected chi connectivity index (χ4v) is 2.71. The van der Waals surface area contributed by atoms with E-state index >= 15 is 0 Å². The lowest BCUT2D eigenvalue weighted by molar-refractivity contribution is -0.135. The van der Waals surface area contributed by atoms with Gasteiger partial charge in [0.15, 0.2) is 0 Å². The zero-order valence-corrected chi connectivity index (χ0v) is 16.5. The fraction of sp³-hybridized carbons (Fsp3) is 0.588. The lowest BCUT2D eigenvalue weighted by Gasteiger charge is -2.38. The Morgan fingerprint density at radius 1 is 1.38 bits per heavy atom. The van der Waals surface area contributed by atoms with Gasteiger partial charge in [-0.15, -0.1) is 24.8 Å². The third-order valence-corrected chi connectivity index (χ3v) is 4.33. The second kappa shape index (κ2) is 10.8. The first-order valence-corrected chi connectivity index (χ1v) is 7.88. The molecule has 1 unspecified atom stereocenters. The molecule has 1 N–H and O–H groups in total. The van der Waals surface area contributed by atoms with E-state index in [1.807, 2.05) is 36.2 Å². The highest BCUT2D eigenvalue weighted by Crippen LogP contribution is 2.30. The van der Waals surface area contributed by atoms with Gasteiger partial charge < -0.3 is 15.0 Å². The molecule has 1 heterocycles. The number of hydrogen-bond acceptors (Lipinski definition) is 4.